The highest BCUT2D eigenvalue weighted by Crippen LogP contribution is 2.27. The number of anilines is 1. The summed E-state index contributed by atoms with van der Waals surface area (Å²) in [5.41, 5.74) is 6.69. The third-order valence-corrected chi connectivity index (χ3v) is 2.95. The molecule has 0 amide bonds. The van der Waals surface area contributed by atoms with E-state index in [2.05, 4.69) is 9.97 Å². The fraction of sp³-hybridized carbons (Fsp3) is 0.333. The van der Waals surface area contributed by atoms with Gasteiger partial charge in [0.2, 0.25) is 0 Å². The van der Waals surface area contributed by atoms with Crippen molar-refractivity contribution in [2.24, 2.45) is 0 Å². The van der Waals surface area contributed by atoms with Gasteiger partial charge in [-0.1, -0.05) is 0 Å². The zero-order valence-electron chi connectivity index (χ0n) is 9.68. The maximum Gasteiger partial charge on any atom is 0.258 e. The Labute approximate surface area is 103 Å². The van der Waals surface area contributed by atoms with E-state index in [1.165, 1.54) is 6.33 Å². The van der Waals surface area contributed by atoms with Crippen molar-refractivity contribution in [3.8, 4) is 5.75 Å². The Kier molecular flexibility index (Phi) is 2.64. The lowest BCUT2D eigenvalue weighted by Crippen LogP contribution is -2.17. The van der Waals surface area contributed by atoms with Crippen LogP contribution in [0.15, 0.2) is 23.3 Å². The molecule has 3 rings (SSSR count). The zero-order valence-corrected chi connectivity index (χ0v) is 9.68. The molecule has 1 aliphatic heterocycles. The summed E-state index contributed by atoms with van der Waals surface area (Å²) in [7, 11) is 0. The van der Waals surface area contributed by atoms with E-state index in [4.69, 9.17) is 15.2 Å². The molecule has 6 heteroatoms. The van der Waals surface area contributed by atoms with Gasteiger partial charge in [-0.25, -0.2) is 4.98 Å². The van der Waals surface area contributed by atoms with Crippen LogP contribution >= 0.6 is 0 Å². The first-order valence-electron chi connectivity index (χ1n) is 5.75. The second kappa shape index (κ2) is 4.30. The summed E-state index contributed by atoms with van der Waals surface area (Å²) in [6.07, 6.45) is 2.23. The quantitative estimate of drug-likeness (QED) is 0.761. The second-order valence-corrected chi connectivity index (χ2v) is 4.24. The molecule has 18 heavy (non-hydrogen) atoms. The highest BCUT2D eigenvalue weighted by molar-refractivity contribution is 5.84. The fourth-order valence-electron chi connectivity index (χ4n) is 2.00. The van der Waals surface area contributed by atoms with Gasteiger partial charge in [0.1, 0.15) is 11.9 Å². The predicted molar refractivity (Wildman–Crippen MR) is 66.6 cm³/mol. The van der Waals surface area contributed by atoms with Crippen molar-refractivity contribution in [2.75, 3.05) is 18.9 Å². The van der Waals surface area contributed by atoms with Gasteiger partial charge >= 0.3 is 0 Å². The van der Waals surface area contributed by atoms with Gasteiger partial charge < -0.3 is 20.2 Å². The number of fused-ring (bicyclic) bond motifs is 1. The molecule has 0 radical (unpaired) electrons. The minimum Gasteiger partial charge on any atom is -0.486 e. The Morgan fingerprint density at radius 3 is 3.17 bits per heavy atom. The van der Waals surface area contributed by atoms with E-state index in [1.807, 2.05) is 0 Å². The van der Waals surface area contributed by atoms with E-state index >= 15 is 0 Å². The first-order chi connectivity index (χ1) is 8.74. The van der Waals surface area contributed by atoms with Gasteiger partial charge in [0.05, 0.1) is 36.1 Å². The summed E-state index contributed by atoms with van der Waals surface area (Å²) in [5, 5.41) is 0.463. The number of nitrogens with zero attached hydrogens (tertiary/aromatic N) is 1. The zero-order chi connectivity index (χ0) is 12.5. The maximum absolute atomic E-state index is 11.6. The summed E-state index contributed by atoms with van der Waals surface area (Å²) in [5.74, 6) is 0.552. The lowest BCUT2D eigenvalue weighted by molar-refractivity contribution is 0.142. The third-order valence-electron chi connectivity index (χ3n) is 2.95. The number of aromatic amines is 1. The summed E-state index contributed by atoms with van der Waals surface area (Å²) >= 11 is 0. The van der Waals surface area contributed by atoms with Crippen molar-refractivity contribution in [3.05, 3.63) is 28.8 Å². The molecule has 1 aromatic heterocycles. The Balaban J connectivity index is 2.02. The lowest BCUT2D eigenvalue weighted by atomic mass is 10.2. The molecule has 0 saturated carbocycles. The lowest BCUT2D eigenvalue weighted by Gasteiger charge is -2.14. The van der Waals surface area contributed by atoms with Crippen LogP contribution in [-0.2, 0) is 4.74 Å². The van der Waals surface area contributed by atoms with Crippen LogP contribution in [0.25, 0.3) is 10.9 Å². The van der Waals surface area contributed by atoms with Crippen LogP contribution < -0.4 is 16.0 Å². The molecule has 6 nitrogen and oxygen atoms in total. The second-order valence-electron chi connectivity index (χ2n) is 4.24. The Morgan fingerprint density at radius 2 is 2.39 bits per heavy atom. The molecular formula is C12H13N3O3. The van der Waals surface area contributed by atoms with Crippen LogP contribution in [0.3, 0.4) is 0 Å². The standard InChI is InChI=1S/C12H13N3O3/c13-9-3-8-10(14-6-15-12(8)16)4-11(9)18-7-1-2-17-5-7/h3-4,6-7H,1-2,5,13H2,(H,14,15,16). The molecule has 1 aromatic carbocycles. The number of benzene rings is 1. The highest BCUT2D eigenvalue weighted by atomic mass is 16.5. The first kappa shape index (κ1) is 11.0. The van der Waals surface area contributed by atoms with Crippen LogP contribution in [0.5, 0.6) is 5.75 Å². The average Bonchev–Trinajstić information content (AvgIpc) is 2.84. The van der Waals surface area contributed by atoms with Gasteiger partial charge in [-0.3, -0.25) is 4.79 Å². The number of nitrogen functional groups attached to an aromatic ring is 1. The van der Waals surface area contributed by atoms with Crippen LogP contribution in [-0.4, -0.2) is 29.3 Å². The molecular weight excluding hydrogens is 234 g/mol. The number of ether oxygens (including phenoxy) is 2. The molecule has 1 fully saturated rings. The van der Waals surface area contributed by atoms with Crippen LogP contribution in [0.4, 0.5) is 5.69 Å². The van der Waals surface area contributed by atoms with Crippen molar-refractivity contribution in [3.63, 3.8) is 0 Å². The van der Waals surface area contributed by atoms with E-state index < -0.39 is 0 Å². The molecule has 1 unspecified atom stereocenters. The molecule has 94 valence electrons. The number of rotatable bonds is 2. The normalized spacial score (nSPS) is 19.2. The van der Waals surface area contributed by atoms with E-state index in [1.54, 1.807) is 12.1 Å². The van der Waals surface area contributed by atoms with Crippen molar-refractivity contribution in [1.29, 1.82) is 0 Å². The Hall–Kier alpha value is -2.08. The largest absolute Gasteiger partial charge is 0.486 e. The van der Waals surface area contributed by atoms with Gasteiger partial charge in [0.25, 0.3) is 5.56 Å². The first-order valence-corrected chi connectivity index (χ1v) is 5.75. The number of nitrogens with one attached hydrogen (secondary N) is 1. The van der Waals surface area contributed by atoms with E-state index in [0.717, 1.165) is 6.42 Å². The molecule has 1 saturated heterocycles. The summed E-state index contributed by atoms with van der Waals surface area (Å²) in [4.78, 5) is 18.2. The SMILES string of the molecule is Nc1cc2c(=O)[nH]cnc2cc1OC1CCOC1. The number of hydrogen-bond donors (Lipinski definition) is 2. The van der Waals surface area contributed by atoms with Gasteiger partial charge in [-0.05, 0) is 6.07 Å². The van der Waals surface area contributed by atoms with Gasteiger partial charge in [0, 0.05) is 12.5 Å². The van der Waals surface area contributed by atoms with Crippen molar-refractivity contribution in [2.45, 2.75) is 12.5 Å². The van der Waals surface area contributed by atoms with E-state index in [0.29, 0.717) is 35.6 Å². The van der Waals surface area contributed by atoms with Crippen molar-refractivity contribution >= 4 is 16.6 Å². The third kappa shape index (κ3) is 1.91. The smallest absolute Gasteiger partial charge is 0.258 e. The molecule has 1 aliphatic rings. The Bertz CT molecular complexity index is 632. The molecule has 0 spiro atoms. The van der Waals surface area contributed by atoms with Crippen LogP contribution in [0, 0.1) is 0 Å². The molecule has 1 atom stereocenters. The highest BCUT2D eigenvalue weighted by Gasteiger charge is 2.18. The number of hydrogen-bond acceptors (Lipinski definition) is 5. The summed E-state index contributed by atoms with van der Waals surface area (Å²) in [6, 6.07) is 3.28. The molecule has 0 aliphatic carbocycles. The number of nitrogens with two attached hydrogens (primary N) is 1. The maximum atomic E-state index is 11.6. The minimum absolute atomic E-state index is 0.0201. The Morgan fingerprint density at radius 1 is 1.50 bits per heavy atom. The van der Waals surface area contributed by atoms with E-state index in [-0.39, 0.29) is 11.7 Å². The molecule has 2 heterocycles. The van der Waals surface area contributed by atoms with Gasteiger partial charge in [-0.2, -0.15) is 0 Å². The van der Waals surface area contributed by atoms with E-state index in [9.17, 15) is 4.79 Å². The summed E-state index contributed by atoms with van der Waals surface area (Å²) in [6.45, 7) is 1.27. The topological polar surface area (TPSA) is 90.2 Å². The molecule has 0 bridgehead atoms. The minimum atomic E-state index is -0.206. The fourth-order valence-corrected chi connectivity index (χ4v) is 2.00. The monoisotopic (exact) mass is 247 g/mol. The average molecular weight is 247 g/mol. The number of aromatic nitrogens is 2. The van der Waals surface area contributed by atoms with Crippen LogP contribution in [0.1, 0.15) is 6.42 Å². The number of H-pyrrole nitrogens is 1. The molecule has 3 N–H and O–H groups in total. The van der Waals surface area contributed by atoms with Gasteiger partial charge in [-0.15, -0.1) is 0 Å². The van der Waals surface area contributed by atoms with Crippen molar-refractivity contribution < 1.29 is 9.47 Å². The predicted octanol–water partition coefficient (Wildman–Crippen LogP) is 0.673. The summed E-state index contributed by atoms with van der Waals surface area (Å²) < 4.78 is 11.0. The van der Waals surface area contributed by atoms with Crippen LogP contribution in [0.2, 0.25) is 0 Å². The van der Waals surface area contributed by atoms with Crippen molar-refractivity contribution in [1.82, 2.24) is 9.97 Å². The van der Waals surface area contributed by atoms with Gasteiger partial charge in [0.15, 0.2) is 0 Å². The molecule has 2 aromatic rings.